The number of ether oxygens (including phenoxy) is 2. The molecule has 0 N–H and O–H groups in total. The van der Waals surface area contributed by atoms with E-state index in [1.807, 2.05) is 0 Å². The van der Waals surface area contributed by atoms with Gasteiger partial charge in [-0.25, -0.2) is 17.6 Å². The van der Waals surface area contributed by atoms with Gasteiger partial charge in [-0.05, 0) is 148 Å². The average Bonchev–Trinajstić information content (AvgIpc) is 3.59. The standard InChI is InChI=1S/2C24H29F2NO/c2*1-2-3-14-27-21-12-13-22(27)16-23(15-21)28-24(17-4-8-19(25)9-5-17)18-6-10-20(26)11-7-18/h2*4-11,21-24H,2-3,12-16H2,1H3/t2*21-,22+,23?. The van der Waals surface area contributed by atoms with E-state index in [4.69, 9.17) is 9.47 Å². The number of unbranched alkanes of at least 4 members (excludes halogenated alkanes) is 2. The molecular formula is C48H58F4N2O2. The van der Waals surface area contributed by atoms with Crippen LogP contribution >= 0.6 is 0 Å². The first-order chi connectivity index (χ1) is 27.3. The quantitative estimate of drug-likeness (QED) is 0.119. The summed E-state index contributed by atoms with van der Waals surface area (Å²) in [6.07, 6.45) is 13.9. The van der Waals surface area contributed by atoms with Crippen molar-refractivity contribution in [2.75, 3.05) is 13.1 Å². The first-order valence-corrected chi connectivity index (χ1v) is 21.1. The van der Waals surface area contributed by atoms with Crippen LogP contribution in [-0.4, -0.2) is 59.3 Å². The largest absolute Gasteiger partial charge is 0.365 e. The van der Waals surface area contributed by atoms with E-state index in [1.165, 1.54) is 113 Å². The van der Waals surface area contributed by atoms with Gasteiger partial charge in [-0.2, -0.15) is 0 Å². The Morgan fingerprint density at radius 1 is 0.446 bits per heavy atom. The van der Waals surface area contributed by atoms with Crippen LogP contribution in [0.1, 0.15) is 125 Å². The van der Waals surface area contributed by atoms with Gasteiger partial charge in [-0.3, -0.25) is 9.80 Å². The zero-order valence-electron chi connectivity index (χ0n) is 33.0. The Morgan fingerprint density at radius 3 is 0.929 bits per heavy atom. The number of rotatable bonds is 14. The van der Waals surface area contributed by atoms with E-state index in [0.717, 1.165) is 47.9 Å². The summed E-state index contributed by atoms with van der Waals surface area (Å²) in [6, 6.07) is 28.3. The molecule has 4 heterocycles. The minimum Gasteiger partial charge on any atom is -0.365 e. The molecule has 4 saturated heterocycles. The lowest BCUT2D eigenvalue weighted by molar-refractivity contribution is -0.0485. The molecule has 4 nitrogen and oxygen atoms in total. The summed E-state index contributed by atoms with van der Waals surface area (Å²) in [7, 11) is 0. The molecule has 4 fully saturated rings. The van der Waals surface area contributed by atoms with Crippen LogP contribution < -0.4 is 0 Å². The Hall–Kier alpha value is -3.56. The fourth-order valence-electron chi connectivity index (χ4n) is 9.72. The highest BCUT2D eigenvalue weighted by Crippen LogP contribution is 2.41. The van der Waals surface area contributed by atoms with Crippen molar-refractivity contribution in [1.82, 2.24) is 9.80 Å². The van der Waals surface area contributed by atoms with E-state index in [2.05, 4.69) is 23.6 Å². The van der Waals surface area contributed by atoms with Crippen molar-refractivity contribution >= 4 is 0 Å². The normalized spacial score (nSPS) is 24.8. The Kier molecular flexibility index (Phi) is 14.0. The van der Waals surface area contributed by atoms with Crippen LogP contribution in [0.15, 0.2) is 97.1 Å². The summed E-state index contributed by atoms with van der Waals surface area (Å²) in [5.74, 6) is -1.04. The minimum atomic E-state index is -0.298. The number of fused-ring (bicyclic) bond motifs is 4. The topological polar surface area (TPSA) is 24.9 Å². The van der Waals surface area contributed by atoms with E-state index in [9.17, 15) is 17.6 Å². The van der Waals surface area contributed by atoms with Crippen LogP contribution in [0, 0.1) is 23.3 Å². The third-order valence-electron chi connectivity index (χ3n) is 12.6. The third kappa shape index (κ3) is 10.1. The molecule has 4 aliphatic rings. The second-order valence-electron chi connectivity index (χ2n) is 16.4. The predicted molar refractivity (Wildman–Crippen MR) is 214 cm³/mol. The van der Waals surface area contributed by atoms with Gasteiger partial charge in [0.2, 0.25) is 0 Å². The highest BCUT2D eigenvalue weighted by atomic mass is 19.1. The van der Waals surface area contributed by atoms with Gasteiger partial charge in [0.1, 0.15) is 35.5 Å². The molecule has 0 radical (unpaired) electrons. The lowest BCUT2D eigenvalue weighted by Gasteiger charge is -2.40. The van der Waals surface area contributed by atoms with Crippen molar-refractivity contribution in [2.24, 2.45) is 0 Å². The van der Waals surface area contributed by atoms with Gasteiger partial charge in [0.25, 0.3) is 0 Å². The van der Waals surface area contributed by atoms with Crippen molar-refractivity contribution in [1.29, 1.82) is 0 Å². The summed E-state index contributed by atoms with van der Waals surface area (Å²) in [5, 5.41) is 0. The van der Waals surface area contributed by atoms with Crippen LogP contribution in [0.4, 0.5) is 17.6 Å². The highest BCUT2D eigenvalue weighted by Gasteiger charge is 2.42. The predicted octanol–water partition coefficient (Wildman–Crippen LogP) is 11.7. The molecule has 0 amide bonds. The van der Waals surface area contributed by atoms with E-state index < -0.39 is 0 Å². The summed E-state index contributed by atoms with van der Waals surface area (Å²) in [4.78, 5) is 5.38. The Balaban J connectivity index is 0.000000172. The lowest BCUT2D eigenvalue weighted by Crippen LogP contribution is -2.46. The molecule has 0 aromatic heterocycles. The molecule has 300 valence electrons. The third-order valence-corrected chi connectivity index (χ3v) is 12.6. The first-order valence-electron chi connectivity index (χ1n) is 21.1. The van der Waals surface area contributed by atoms with Gasteiger partial charge in [0.05, 0.1) is 12.2 Å². The van der Waals surface area contributed by atoms with E-state index in [0.29, 0.717) is 24.2 Å². The number of halogens is 4. The van der Waals surface area contributed by atoms with Crippen molar-refractivity contribution in [3.05, 3.63) is 143 Å². The molecule has 8 rings (SSSR count). The van der Waals surface area contributed by atoms with E-state index in [-0.39, 0.29) is 47.7 Å². The maximum Gasteiger partial charge on any atom is 0.123 e. The Morgan fingerprint density at radius 2 is 0.696 bits per heavy atom. The van der Waals surface area contributed by atoms with Crippen molar-refractivity contribution in [3.8, 4) is 0 Å². The van der Waals surface area contributed by atoms with Crippen molar-refractivity contribution in [3.63, 3.8) is 0 Å². The molecule has 56 heavy (non-hydrogen) atoms. The Labute approximate surface area is 331 Å². The first kappa shape index (κ1) is 40.6. The molecule has 4 aromatic rings. The zero-order valence-corrected chi connectivity index (χ0v) is 33.0. The minimum absolute atomic E-state index is 0.176. The summed E-state index contributed by atoms with van der Waals surface area (Å²) >= 11 is 0. The van der Waals surface area contributed by atoms with Gasteiger partial charge >= 0.3 is 0 Å². The van der Waals surface area contributed by atoms with Gasteiger partial charge in [0.15, 0.2) is 0 Å². The molecular weight excluding hydrogens is 713 g/mol. The van der Waals surface area contributed by atoms with Crippen LogP contribution in [-0.2, 0) is 9.47 Å². The molecule has 2 unspecified atom stereocenters. The summed E-state index contributed by atoms with van der Waals surface area (Å²) < 4.78 is 66.9. The van der Waals surface area contributed by atoms with E-state index in [1.54, 1.807) is 48.5 Å². The molecule has 4 bridgehead atoms. The van der Waals surface area contributed by atoms with Gasteiger partial charge in [-0.1, -0.05) is 75.2 Å². The number of hydrogen-bond donors (Lipinski definition) is 0. The van der Waals surface area contributed by atoms with Gasteiger partial charge in [-0.15, -0.1) is 0 Å². The maximum absolute atomic E-state index is 13.4. The molecule has 0 saturated carbocycles. The molecule has 6 atom stereocenters. The molecule has 0 aliphatic carbocycles. The van der Waals surface area contributed by atoms with Crippen LogP contribution in [0.2, 0.25) is 0 Å². The summed E-state index contributed by atoms with van der Waals surface area (Å²) in [5.41, 5.74) is 3.64. The number of nitrogens with zero attached hydrogens (tertiary/aromatic N) is 2. The van der Waals surface area contributed by atoms with Crippen LogP contribution in [0.5, 0.6) is 0 Å². The SMILES string of the molecule is CCCCN1[C@@H]2CC[C@H]1CC(OC(c1ccc(F)cc1)c1ccc(F)cc1)C2.CCCCN1[C@@H]2CC[C@H]1CC(OC(c1ccc(F)cc1)c1ccc(F)cc1)C2. The fourth-order valence-corrected chi connectivity index (χ4v) is 9.72. The molecule has 4 aliphatic heterocycles. The molecule has 0 spiro atoms. The lowest BCUT2D eigenvalue weighted by atomic mass is 9.97. The van der Waals surface area contributed by atoms with Crippen molar-refractivity contribution < 1.29 is 27.0 Å². The van der Waals surface area contributed by atoms with E-state index >= 15 is 0 Å². The van der Waals surface area contributed by atoms with Gasteiger partial charge < -0.3 is 9.47 Å². The molecule has 4 aromatic carbocycles. The fraction of sp³-hybridized carbons (Fsp3) is 0.500. The van der Waals surface area contributed by atoms with Crippen LogP contribution in [0.25, 0.3) is 0 Å². The zero-order chi connectivity index (χ0) is 39.0. The highest BCUT2D eigenvalue weighted by molar-refractivity contribution is 5.32. The summed E-state index contributed by atoms with van der Waals surface area (Å²) in [6.45, 7) is 6.87. The average molecular weight is 771 g/mol. The second kappa shape index (κ2) is 19.3. The number of hydrogen-bond acceptors (Lipinski definition) is 4. The number of benzene rings is 4. The molecule has 8 heteroatoms. The maximum atomic E-state index is 13.4. The smallest absolute Gasteiger partial charge is 0.123 e. The van der Waals surface area contributed by atoms with Gasteiger partial charge in [0, 0.05) is 24.2 Å². The second-order valence-corrected chi connectivity index (χ2v) is 16.4. The van der Waals surface area contributed by atoms with Crippen molar-refractivity contribution in [2.45, 2.75) is 139 Å². The Bertz CT molecular complexity index is 1540. The van der Waals surface area contributed by atoms with Crippen LogP contribution in [0.3, 0.4) is 0 Å². The monoisotopic (exact) mass is 770 g/mol. The number of piperidine rings is 2.